The van der Waals surface area contributed by atoms with Gasteiger partial charge in [0.25, 0.3) is 0 Å². The van der Waals surface area contributed by atoms with Crippen molar-refractivity contribution < 1.29 is 9.84 Å². The van der Waals surface area contributed by atoms with E-state index in [9.17, 15) is 5.11 Å². The van der Waals surface area contributed by atoms with E-state index in [1.54, 1.807) is 19.2 Å². The van der Waals surface area contributed by atoms with Crippen LogP contribution in [0.25, 0.3) is 0 Å². The van der Waals surface area contributed by atoms with E-state index in [4.69, 9.17) is 4.74 Å². The number of likely N-dealkylation sites (tertiary alicyclic amines) is 1. The van der Waals surface area contributed by atoms with Gasteiger partial charge in [-0.05, 0) is 44.1 Å². The lowest BCUT2D eigenvalue weighted by atomic mass is 10.0. The van der Waals surface area contributed by atoms with Crippen LogP contribution >= 0.6 is 0 Å². The van der Waals surface area contributed by atoms with Crippen LogP contribution in [-0.4, -0.2) is 43.3 Å². The fourth-order valence-corrected chi connectivity index (χ4v) is 2.63. The van der Waals surface area contributed by atoms with Crippen molar-refractivity contribution in [2.45, 2.75) is 31.8 Å². The van der Waals surface area contributed by atoms with Gasteiger partial charge in [-0.3, -0.25) is 0 Å². The minimum atomic E-state index is 0.205. The molecule has 2 N–H and O–H groups in total. The van der Waals surface area contributed by atoms with Crippen LogP contribution in [0.5, 0.6) is 11.5 Å². The predicted octanol–water partition coefficient (Wildman–Crippen LogP) is 1.97. The van der Waals surface area contributed by atoms with E-state index in [1.807, 2.05) is 6.07 Å². The van der Waals surface area contributed by atoms with Gasteiger partial charge >= 0.3 is 0 Å². The lowest BCUT2D eigenvalue weighted by molar-refractivity contribution is 0.181. The number of likely N-dealkylation sites (N-methyl/N-ethyl adjacent to an activating group) is 1. The molecule has 1 aromatic carbocycles. The minimum Gasteiger partial charge on any atom is -0.504 e. The fourth-order valence-electron chi connectivity index (χ4n) is 2.63. The van der Waals surface area contributed by atoms with Gasteiger partial charge < -0.3 is 20.1 Å². The number of rotatable bonds is 5. The summed E-state index contributed by atoms with van der Waals surface area (Å²) in [7, 11) is 3.76. The number of nitrogens with zero attached hydrogens (tertiary/aromatic N) is 1. The summed E-state index contributed by atoms with van der Waals surface area (Å²) in [6, 6.07) is 6.19. The van der Waals surface area contributed by atoms with Gasteiger partial charge in [-0.25, -0.2) is 0 Å². The number of phenols is 1. The summed E-state index contributed by atoms with van der Waals surface area (Å²) in [5, 5.41) is 13.2. The van der Waals surface area contributed by atoms with E-state index in [1.165, 1.54) is 25.8 Å². The van der Waals surface area contributed by atoms with E-state index < -0.39 is 0 Å². The van der Waals surface area contributed by atoms with Gasteiger partial charge in [0, 0.05) is 19.1 Å². The van der Waals surface area contributed by atoms with Crippen molar-refractivity contribution in [2.24, 2.45) is 0 Å². The van der Waals surface area contributed by atoms with Gasteiger partial charge in [0.05, 0.1) is 7.11 Å². The maximum Gasteiger partial charge on any atom is 0.160 e. The molecule has 0 aliphatic carbocycles. The van der Waals surface area contributed by atoms with Crippen LogP contribution in [0.3, 0.4) is 0 Å². The number of methoxy groups -OCH3 is 1. The summed E-state index contributed by atoms with van der Waals surface area (Å²) in [5.41, 5.74) is 1.08. The molecule has 1 atom stereocenters. The van der Waals surface area contributed by atoms with Crippen molar-refractivity contribution >= 4 is 0 Å². The van der Waals surface area contributed by atoms with E-state index in [0.29, 0.717) is 11.8 Å². The number of ether oxygens (including phenoxy) is 1. The highest BCUT2D eigenvalue weighted by Crippen LogP contribution is 2.26. The molecule has 19 heavy (non-hydrogen) atoms. The van der Waals surface area contributed by atoms with Crippen molar-refractivity contribution in [3.63, 3.8) is 0 Å². The lowest BCUT2D eigenvalue weighted by Crippen LogP contribution is -2.42. The Morgan fingerprint density at radius 3 is 2.95 bits per heavy atom. The molecule has 4 heteroatoms. The van der Waals surface area contributed by atoms with Crippen molar-refractivity contribution in [3.8, 4) is 11.5 Å². The molecular formula is C15H24N2O2. The molecule has 2 rings (SSSR count). The van der Waals surface area contributed by atoms with Gasteiger partial charge in [0.15, 0.2) is 11.5 Å². The molecule has 0 bridgehead atoms. The van der Waals surface area contributed by atoms with Crippen LogP contribution < -0.4 is 10.1 Å². The van der Waals surface area contributed by atoms with Gasteiger partial charge in [-0.1, -0.05) is 12.5 Å². The number of hydrogen-bond acceptors (Lipinski definition) is 4. The van der Waals surface area contributed by atoms with Crippen molar-refractivity contribution in [1.29, 1.82) is 0 Å². The van der Waals surface area contributed by atoms with Gasteiger partial charge in [0.2, 0.25) is 0 Å². The standard InChI is InChI=1S/C15H24N2O2/c1-17-8-4-3-5-13(17)11-16-10-12-6-7-15(19-2)14(18)9-12/h6-7,9,13,16,18H,3-5,8,10-11H2,1-2H3. The zero-order chi connectivity index (χ0) is 13.7. The highest BCUT2D eigenvalue weighted by atomic mass is 16.5. The smallest absolute Gasteiger partial charge is 0.160 e. The number of phenolic OH excluding ortho intramolecular Hbond substituents is 1. The van der Waals surface area contributed by atoms with Crippen LogP contribution in [0.15, 0.2) is 18.2 Å². The Bertz CT molecular complexity index is 409. The van der Waals surface area contributed by atoms with Crippen molar-refractivity contribution in [1.82, 2.24) is 10.2 Å². The second-order valence-corrected chi connectivity index (χ2v) is 5.27. The molecule has 0 aromatic heterocycles. The molecule has 1 heterocycles. The average Bonchev–Trinajstić information content (AvgIpc) is 2.41. The number of benzene rings is 1. The summed E-state index contributed by atoms with van der Waals surface area (Å²) >= 11 is 0. The summed E-state index contributed by atoms with van der Waals surface area (Å²) in [5.74, 6) is 0.729. The van der Waals surface area contributed by atoms with E-state index in [-0.39, 0.29) is 5.75 Å². The van der Waals surface area contributed by atoms with E-state index in [2.05, 4.69) is 17.3 Å². The highest BCUT2D eigenvalue weighted by Gasteiger charge is 2.17. The molecule has 0 saturated carbocycles. The van der Waals surface area contributed by atoms with Gasteiger partial charge in [0.1, 0.15) is 0 Å². The maximum atomic E-state index is 9.72. The Labute approximate surface area is 115 Å². The van der Waals surface area contributed by atoms with Crippen LogP contribution in [0.1, 0.15) is 24.8 Å². The molecule has 1 aromatic rings. The first kappa shape index (κ1) is 14.2. The molecule has 1 aliphatic heterocycles. The van der Waals surface area contributed by atoms with E-state index >= 15 is 0 Å². The first-order chi connectivity index (χ1) is 9.20. The zero-order valence-electron chi connectivity index (χ0n) is 11.9. The second kappa shape index (κ2) is 6.78. The third kappa shape index (κ3) is 3.85. The molecule has 106 valence electrons. The quantitative estimate of drug-likeness (QED) is 0.853. The molecule has 4 nitrogen and oxygen atoms in total. The zero-order valence-corrected chi connectivity index (χ0v) is 11.9. The second-order valence-electron chi connectivity index (χ2n) is 5.27. The first-order valence-electron chi connectivity index (χ1n) is 6.97. The molecule has 0 radical (unpaired) electrons. The first-order valence-corrected chi connectivity index (χ1v) is 6.97. The third-order valence-electron chi connectivity index (χ3n) is 3.87. The van der Waals surface area contributed by atoms with Crippen LogP contribution in [-0.2, 0) is 6.54 Å². The topological polar surface area (TPSA) is 44.7 Å². The van der Waals surface area contributed by atoms with Gasteiger partial charge in [-0.2, -0.15) is 0 Å². The largest absolute Gasteiger partial charge is 0.504 e. The van der Waals surface area contributed by atoms with E-state index in [0.717, 1.165) is 18.7 Å². The fraction of sp³-hybridized carbons (Fsp3) is 0.600. The Balaban J connectivity index is 1.80. The summed E-state index contributed by atoms with van der Waals surface area (Å²) in [6.45, 7) is 2.99. The summed E-state index contributed by atoms with van der Waals surface area (Å²) in [6.07, 6.45) is 3.93. The molecule has 1 saturated heterocycles. The molecular weight excluding hydrogens is 240 g/mol. The SMILES string of the molecule is COc1ccc(CNCC2CCCCN2C)cc1O. The number of hydrogen-bond donors (Lipinski definition) is 2. The maximum absolute atomic E-state index is 9.72. The number of piperidine rings is 1. The van der Waals surface area contributed by atoms with Gasteiger partial charge in [-0.15, -0.1) is 0 Å². The minimum absolute atomic E-state index is 0.205. The third-order valence-corrected chi connectivity index (χ3v) is 3.87. The predicted molar refractivity (Wildman–Crippen MR) is 76.6 cm³/mol. The molecule has 0 amide bonds. The van der Waals surface area contributed by atoms with Crippen LogP contribution in [0.4, 0.5) is 0 Å². The number of aromatic hydroxyl groups is 1. The number of nitrogens with one attached hydrogen (secondary N) is 1. The molecule has 1 aliphatic rings. The Morgan fingerprint density at radius 2 is 2.26 bits per heavy atom. The highest BCUT2D eigenvalue weighted by molar-refractivity contribution is 5.41. The lowest BCUT2D eigenvalue weighted by Gasteiger charge is -2.32. The van der Waals surface area contributed by atoms with Crippen molar-refractivity contribution in [3.05, 3.63) is 23.8 Å². The monoisotopic (exact) mass is 264 g/mol. The normalized spacial score (nSPS) is 20.4. The summed E-state index contributed by atoms with van der Waals surface area (Å²) in [4.78, 5) is 2.43. The summed E-state index contributed by atoms with van der Waals surface area (Å²) < 4.78 is 5.04. The molecule has 1 fully saturated rings. The Hall–Kier alpha value is -1.26. The van der Waals surface area contributed by atoms with Crippen LogP contribution in [0, 0.1) is 0 Å². The Kier molecular flexibility index (Phi) is 5.05. The molecule has 1 unspecified atom stereocenters. The Morgan fingerprint density at radius 1 is 1.42 bits per heavy atom. The van der Waals surface area contributed by atoms with Crippen LogP contribution in [0.2, 0.25) is 0 Å². The molecule has 0 spiro atoms. The van der Waals surface area contributed by atoms with Crippen molar-refractivity contribution in [2.75, 3.05) is 27.2 Å². The average molecular weight is 264 g/mol.